The van der Waals surface area contributed by atoms with Crippen molar-refractivity contribution in [2.45, 2.75) is 26.8 Å². The van der Waals surface area contributed by atoms with Gasteiger partial charge in [0.1, 0.15) is 5.02 Å². The van der Waals surface area contributed by atoms with Crippen LogP contribution in [0.4, 0.5) is 5.69 Å². The lowest BCUT2D eigenvalue weighted by atomic mass is 10.2. The van der Waals surface area contributed by atoms with Gasteiger partial charge in [-0.3, -0.25) is 4.79 Å². The summed E-state index contributed by atoms with van der Waals surface area (Å²) in [6.07, 6.45) is 2.50. The van der Waals surface area contributed by atoms with Gasteiger partial charge in [-0.1, -0.05) is 25.4 Å². The molecule has 0 radical (unpaired) electrons. The van der Waals surface area contributed by atoms with Crippen LogP contribution in [0.2, 0.25) is 5.02 Å². The zero-order valence-electron chi connectivity index (χ0n) is 11.9. The van der Waals surface area contributed by atoms with Crippen molar-refractivity contribution in [1.82, 2.24) is 9.78 Å². The summed E-state index contributed by atoms with van der Waals surface area (Å²) >= 11 is 11.3. The van der Waals surface area contributed by atoms with E-state index in [1.165, 1.54) is 9.56 Å². The predicted octanol–water partition coefficient (Wildman–Crippen LogP) is 4.03. The van der Waals surface area contributed by atoms with Gasteiger partial charge in [-0.2, -0.15) is 5.10 Å². The lowest BCUT2D eigenvalue weighted by Crippen LogP contribution is -2.26. The van der Waals surface area contributed by atoms with Gasteiger partial charge in [0.15, 0.2) is 0 Å². The Morgan fingerprint density at radius 3 is 2.86 bits per heavy atom. The highest BCUT2D eigenvalue weighted by molar-refractivity contribution is 9.11. The molecule has 2 rings (SSSR count). The minimum Gasteiger partial charge on any atom is -0.382 e. The summed E-state index contributed by atoms with van der Waals surface area (Å²) in [7, 11) is 0. The van der Waals surface area contributed by atoms with Crippen LogP contribution < -0.4 is 10.9 Å². The van der Waals surface area contributed by atoms with Crippen molar-refractivity contribution in [3.63, 3.8) is 0 Å². The molecule has 4 nitrogen and oxygen atoms in total. The number of nitrogens with zero attached hydrogens (tertiary/aromatic N) is 2. The van der Waals surface area contributed by atoms with E-state index in [0.717, 1.165) is 10.2 Å². The van der Waals surface area contributed by atoms with E-state index < -0.39 is 0 Å². The Morgan fingerprint density at radius 1 is 1.48 bits per heavy atom. The largest absolute Gasteiger partial charge is 0.382 e. The van der Waals surface area contributed by atoms with Gasteiger partial charge in [0.2, 0.25) is 0 Å². The van der Waals surface area contributed by atoms with Gasteiger partial charge in [-0.25, -0.2) is 4.68 Å². The second-order valence-corrected chi connectivity index (χ2v) is 8.06. The van der Waals surface area contributed by atoms with E-state index in [1.807, 2.05) is 19.9 Å². The molecule has 2 aromatic heterocycles. The van der Waals surface area contributed by atoms with Crippen LogP contribution in [0.3, 0.4) is 0 Å². The number of halogens is 2. The van der Waals surface area contributed by atoms with Crippen molar-refractivity contribution in [2.24, 2.45) is 5.92 Å². The molecule has 0 aromatic carbocycles. The van der Waals surface area contributed by atoms with Crippen LogP contribution >= 0.6 is 38.9 Å². The van der Waals surface area contributed by atoms with Crippen LogP contribution in [0, 0.1) is 5.92 Å². The summed E-state index contributed by atoms with van der Waals surface area (Å²) in [5.41, 5.74) is 0.353. The molecule has 0 bridgehead atoms. The van der Waals surface area contributed by atoms with E-state index >= 15 is 0 Å². The summed E-state index contributed by atoms with van der Waals surface area (Å²) < 4.78 is 2.53. The second kappa shape index (κ2) is 7.42. The van der Waals surface area contributed by atoms with Crippen molar-refractivity contribution in [1.29, 1.82) is 0 Å². The molecular weight excluding hydrogens is 374 g/mol. The number of hydrogen-bond donors (Lipinski definition) is 1. The molecule has 0 fully saturated rings. The summed E-state index contributed by atoms with van der Waals surface area (Å²) in [4.78, 5) is 13.4. The lowest BCUT2D eigenvalue weighted by Gasteiger charge is -2.11. The molecule has 21 heavy (non-hydrogen) atoms. The molecule has 0 saturated heterocycles. The van der Waals surface area contributed by atoms with E-state index in [2.05, 4.69) is 32.4 Å². The summed E-state index contributed by atoms with van der Waals surface area (Å²) in [5.74, 6) is 0.349. The monoisotopic (exact) mass is 389 g/mol. The van der Waals surface area contributed by atoms with Crippen LogP contribution in [-0.4, -0.2) is 16.3 Å². The summed E-state index contributed by atoms with van der Waals surface area (Å²) in [5, 5.41) is 7.54. The Morgan fingerprint density at radius 2 is 2.24 bits per heavy atom. The van der Waals surface area contributed by atoms with Crippen LogP contribution in [0.1, 0.15) is 18.7 Å². The Labute approximate surface area is 141 Å². The Balaban J connectivity index is 2.00. The maximum atomic E-state index is 12.1. The molecule has 0 amide bonds. The van der Waals surface area contributed by atoms with Crippen molar-refractivity contribution >= 4 is 44.6 Å². The van der Waals surface area contributed by atoms with Gasteiger partial charge in [0.05, 0.1) is 15.7 Å². The quantitative estimate of drug-likeness (QED) is 0.810. The molecule has 0 unspecified atom stereocenters. The van der Waals surface area contributed by atoms with Crippen LogP contribution in [0.25, 0.3) is 0 Å². The number of anilines is 1. The molecule has 0 saturated carbocycles. The molecule has 0 aliphatic carbocycles. The first-order valence-corrected chi connectivity index (χ1v) is 8.70. The molecular formula is C14H17BrClN3OS. The predicted molar refractivity (Wildman–Crippen MR) is 92.6 cm³/mol. The Hall–Kier alpha value is -0.850. The molecule has 2 heterocycles. The van der Waals surface area contributed by atoms with E-state index in [4.69, 9.17) is 11.6 Å². The van der Waals surface area contributed by atoms with Gasteiger partial charge >= 0.3 is 0 Å². The first-order valence-electron chi connectivity index (χ1n) is 6.71. The van der Waals surface area contributed by atoms with E-state index in [0.29, 0.717) is 24.7 Å². The topological polar surface area (TPSA) is 46.9 Å². The number of hydrogen-bond acceptors (Lipinski definition) is 4. The van der Waals surface area contributed by atoms with Crippen LogP contribution in [-0.2, 0) is 13.0 Å². The number of rotatable bonds is 6. The number of aromatic nitrogens is 2. The maximum absolute atomic E-state index is 12.1. The third-order valence-corrected chi connectivity index (χ3v) is 4.89. The minimum atomic E-state index is -0.241. The molecule has 0 aliphatic heterocycles. The highest BCUT2D eigenvalue weighted by Crippen LogP contribution is 2.22. The number of nitrogens with one attached hydrogen (secondary N) is 1. The fraction of sp³-hybridized carbons (Fsp3) is 0.429. The van der Waals surface area contributed by atoms with Gasteiger partial charge in [-0.05, 0) is 40.4 Å². The van der Waals surface area contributed by atoms with E-state index in [9.17, 15) is 4.79 Å². The number of thiophene rings is 1. The molecule has 0 spiro atoms. The van der Waals surface area contributed by atoms with Gasteiger partial charge in [-0.15, -0.1) is 11.3 Å². The molecule has 0 atom stereocenters. The Kier molecular flexibility index (Phi) is 5.84. The van der Waals surface area contributed by atoms with Crippen LogP contribution in [0.15, 0.2) is 26.9 Å². The lowest BCUT2D eigenvalue weighted by molar-refractivity contribution is 0.464. The average molecular weight is 391 g/mol. The summed E-state index contributed by atoms with van der Waals surface area (Å²) in [6.45, 7) is 5.35. The Bertz CT molecular complexity index is 668. The van der Waals surface area contributed by atoms with E-state index in [1.54, 1.807) is 17.5 Å². The molecule has 1 N–H and O–H groups in total. The smallest absolute Gasteiger partial charge is 0.287 e. The van der Waals surface area contributed by atoms with E-state index in [-0.39, 0.29) is 10.6 Å². The van der Waals surface area contributed by atoms with Crippen molar-refractivity contribution in [3.8, 4) is 0 Å². The standard InChI is InChI=1S/C14H17BrClN3OS/c1-9(2)8-19-14(20)13(16)11(7-18-19)17-6-5-10-3-4-12(15)21-10/h3-4,7,9,17H,5-6,8H2,1-2H3. The SMILES string of the molecule is CC(C)Cn1ncc(NCCc2ccc(Br)s2)c(Cl)c1=O. The van der Waals surface area contributed by atoms with Gasteiger partial charge < -0.3 is 5.32 Å². The molecule has 7 heteroatoms. The third kappa shape index (κ3) is 4.56. The van der Waals surface area contributed by atoms with Crippen LogP contribution in [0.5, 0.6) is 0 Å². The molecule has 114 valence electrons. The fourth-order valence-corrected chi connectivity index (χ4v) is 3.57. The third-order valence-electron chi connectivity index (χ3n) is 2.84. The maximum Gasteiger partial charge on any atom is 0.287 e. The fourth-order valence-electron chi connectivity index (χ4n) is 1.87. The van der Waals surface area contributed by atoms with Crippen molar-refractivity contribution < 1.29 is 0 Å². The minimum absolute atomic E-state index is 0.206. The van der Waals surface area contributed by atoms with Gasteiger partial charge in [0, 0.05) is 18.0 Å². The van der Waals surface area contributed by atoms with Crippen molar-refractivity contribution in [2.75, 3.05) is 11.9 Å². The van der Waals surface area contributed by atoms with Gasteiger partial charge in [0.25, 0.3) is 5.56 Å². The highest BCUT2D eigenvalue weighted by atomic mass is 79.9. The molecule has 0 aliphatic rings. The van der Waals surface area contributed by atoms with Crippen molar-refractivity contribution in [3.05, 3.63) is 42.4 Å². The second-order valence-electron chi connectivity index (χ2n) is 5.14. The zero-order valence-corrected chi connectivity index (χ0v) is 15.1. The molecule has 2 aromatic rings. The first kappa shape index (κ1) is 16.5. The average Bonchev–Trinajstić information content (AvgIpc) is 2.83. The summed E-state index contributed by atoms with van der Waals surface area (Å²) in [6, 6.07) is 4.11. The zero-order chi connectivity index (χ0) is 15.4. The highest BCUT2D eigenvalue weighted by Gasteiger charge is 2.10. The normalized spacial score (nSPS) is 11.1. The first-order chi connectivity index (χ1) is 9.97.